The van der Waals surface area contributed by atoms with Crippen LogP contribution in [0.15, 0.2) is 52.3 Å². The van der Waals surface area contributed by atoms with Gasteiger partial charge in [-0.25, -0.2) is 13.2 Å². The molecule has 1 amide bonds. The van der Waals surface area contributed by atoms with E-state index in [9.17, 15) is 36.3 Å². The van der Waals surface area contributed by atoms with E-state index in [1.165, 1.54) is 24.3 Å². The van der Waals surface area contributed by atoms with Crippen molar-refractivity contribution < 1.29 is 41.0 Å². The number of nitrogens with one attached hydrogen (secondary N) is 1. The first-order chi connectivity index (χ1) is 13.7. The van der Waals surface area contributed by atoms with Crippen molar-refractivity contribution in [3.8, 4) is 0 Å². The third kappa shape index (κ3) is 4.42. The van der Waals surface area contributed by atoms with Crippen LogP contribution in [-0.4, -0.2) is 44.3 Å². The van der Waals surface area contributed by atoms with E-state index in [-0.39, 0.29) is 28.0 Å². The molecule has 2 rings (SSSR count). The van der Waals surface area contributed by atoms with Crippen LogP contribution in [-0.2, 0) is 19.4 Å². The van der Waals surface area contributed by atoms with Crippen molar-refractivity contribution in [1.82, 2.24) is 0 Å². The van der Waals surface area contributed by atoms with Crippen molar-refractivity contribution >= 4 is 39.0 Å². The lowest BCUT2D eigenvalue weighted by Crippen LogP contribution is -2.52. The number of benzene rings is 2. The summed E-state index contributed by atoms with van der Waals surface area (Å²) in [7, 11) is -3.19. The normalized spacial score (nSPS) is 14.0. The molecule has 0 aliphatic heterocycles. The number of sulfone groups is 1. The van der Waals surface area contributed by atoms with Gasteiger partial charge in [-0.15, -0.1) is 0 Å². The fraction of sp³-hybridized carbons (Fsp3) is 0.222. The first kappa shape index (κ1) is 23.6. The number of amides is 1. The molecule has 0 heterocycles. The van der Waals surface area contributed by atoms with Crippen LogP contribution in [0, 0.1) is 0 Å². The van der Waals surface area contributed by atoms with Gasteiger partial charge in [-0.05, 0) is 37.3 Å². The minimum absolute atomic E-state index is 0.227. The highest BCUT2D eigenvalue weighted by atomic mass is 35.5. The number of carbonyl (C=O) groups is 2. The van der Waals surface area contributed by atoms with Gasteiger partial charge in [0.05, 0.1) is 33.2 Å². The smallest absolute Gasteiger partial charge is 0.426 e. The van der Waals surface area contributed by atoms with Gasteiger partial charge in [0.2, 0.25) is 15.4 Å². The standard InChI is InChI=1S/C18H15ClF3NO6S/c1-17(26,18(20,21)22)16(25)23-13-8-7-10(9-12(13)19)30(27,28)14-6-4-3-5-11(14)15(24)29-2/h3-9,26H,1-2H3,(H,23,25)/t17-/m1/s1. The lowest BCUT2D eigenvalue weighted by atomic mass is 10.1. The highest BCUT2D eigenvalue weighted by molar-refractivity contribution is 7.91. The Bertz CT molecular complexity index is 1100. The zero-order valence-electron chi connectivity index (χ0n) is 15.5. The number of ether oxygens (including phenoxy) is 1. The number of halogens is 4. The van der Waals surface area contributed by atoms with Crippen LogP contribution in [0.3, 0.4) is 0 Å². The Kier molecular flexibility index (Phi) is 6.50. The van der Waals surface area contributed by atoms with Crippen molar-refractivity contribution in [3.63, 3.8) is 0 Å². The molecule has 7 nitrogen and oxygen atoms in total. The summed E-state index contributed by atoms with van der Waals surface area (Å²) >= 11 is 5.93. The Labute approximate surface area is 174 Å². The molecule has 0 bridgehead atoms. The number of rotatable bonds is 5. The second-order valence-electron chi connectivity index (χ2n) is 6.16. The predicted octanol–water partition coefficient (Wildman–Crippen LogP) is 3.21. The van der Waals surface area contributed by atoms with Crippen LogP contribution in [0.5, 0.6) is 0 Å². The summed E-state index contributed by atoms with van der Waals surface area (Å²) in [5.74, 6) is -2.69. The maximum Gasteiger partial charge on any atom is 0.426 e. The average Bonchev–Trinajstić information content (AvgIpc) is 2.67. The molecule has 0 fully saturated rings. The minimum atomic E-state index is -5.25. The van der Waals surface area contributed by atoms with Gasteiger partial charge in [-0.3, -0.25) is 4.79 Å². The first-order valence-corrected chi connectivity index (χ1v) is 9.92. The predicted molar refractivity (Wildman–Crippen MR) is 100.0 cm³/mol. The molecule has 0 aliphatic rings. The van der Waals surface area contributed by atoms with E-state index in [1.807, 2.05) is 0 Å². The lowest BCUT2D eigenvalue weighted by Gasteiger charge is -2.25. The number of alkyl halides is 3. The molecule has 0 spiro atoms. The van der Waals surface area contributed by atoms with Crippen LogP contribution in [0.25, 0.3) is 0 Å². The van der Waals surface area contributed by atoms with Gasteiger partial charge in [-0.2, -0.15) is 13.2 Å². The number of aliphatic hydroxyl groups is 1. The highest BCUT2D eigenvalue weighted by Crippen LogP contribution is 2.34. The molecular formula is C18H15ClF3NO6S. The topological polar surface area (TPSA) is 110 Å². The number of esters is 1. The SMILES string of the molecule is COC(=O)c1ccccc1S(=O)(=O)c1ccc(NC(=O)[C@@](C)(O)C(F)(F)F)c(Cl)c1. The number of methoxy groups -OCH3 is 1. The molecule has 2 N–H and O–H groups in total. The van der Waals surface area contributed by atoms with Crippen molar-refractivity contribution in [1.29, 1.82) is 0 Å². The Balaban J connectivity index is 2.43. The number of hydrogen-bond donors (Lipinski definition) is 2. The Morgan fingerprint density at radius 1 is 1.13 bits per heavy atom. The maximum atomic E-state index is 12.9. The number of hydrogen-bond acceptors (Lipinski definition) is 6. The summed E-state index contributed by atoms with van der Waals surface area (Å²) in [4.78, 5) is 22.9. The molecule has 12 heteroatoms. The third-order valence-electron chi connectivity index (χ3n) is 4.08. The molecule has 0 unspecified atom stereocenters. The largest absolute Gasteiger partial charge is 0.465 e. The molecule has 0 saturated carbocycles. The van der Waals surface area contributed by atoms with E-state index >= 15 is 0 Å². The molecule has 1 atom stereocenters. The summed E-state index contributed by atoms with van der Waals surface area (Å²) < 4.78 is 68.7. The fourth-order valence-corrected chi connectivity index (χ4v) is 4.01. The summed E-state index contributed by atoms with van der Waals surface area (Å²) in [5.41, 5.74) is -4.28. The van der Waals surface area contributed by atoms with E-state index < -0.39 is 38.5 Å². The highest BCUT2D eigenvalue weighted by Gasteiger charge is 2.55. The van der Waals surface area contributed by atoms with Crippen molar-refractivity contribution in [3.05, 3.63) is 53.1 Å². The number of anilines is 1. The molecule has 0 saturated heterocycles. The molecule has 0 radical (unpaired) electrons. The Morgan fingerprint density at radius 3 is 2.27 bits per heavy atom. The minimum Gasteiger partial charge on any atom is -0.465 e. The second-order valence-corrected chi connectivity index (χ2v) is 8.48. The summed E-state index contributed by atoms with van der Waals surface area (Å²) in [6, 6.07) is 8.06. The quantitative estimate of drug-likeness (QED) is 0.656. The molecule has 2 aromatic carbocycles. The summed E-state index contributed by atoms with van der Waals surface area (Å²) in [6.45, 7) is 0.263. The van der Waals surface area contributed by atoms with Gasteiger partial charge in [-0.1, -0.05) is 23.7 Å². The number of carbonyl (C=O) groups excluding carboxylic acids is 2. The molecular weight excluding hydrogens is 451 g/mol. The van der Waals surface area contributed by atoms with E-state index in [0.717, 1.165) is 25.3 Å². The molecule has 0 aliphatic carbocycles. The van der Waals surface area contributed by atoms with Crippen LogP contribution >= 0.6 is 11.6 Å². The molecule has 2 aromatic rings. The van der Waals surface area contributed by atoms with Gasteiger partial charge < -0.3 is 15.2 Å². The van der Waals surface area contributed by atoms with Crippen molar-refractivity contribution in [2.75, 3.05) is 12.4 Å². The molecule has 162 valence electrons. The molecule has 0 aromatic heterocycles. The zero-order chi connectivity index (χ0) is 22.9. The Morgan fingerprint density at radius 2 is 1.73 bits per heavy atom. The Hall–Kier alpha value is -2.63. The van der Waals surface area contributed by atoms with Crippen LogP contribution < -0.4 is 5.32 Å². The first-order valence-electron chi connectivity index (χ1n) is 8.06. The van der Waals surface area contributed by atoms with E-state index in [2.05, 4.69) is 4.74 Å². The van der Waals surface area contributed by atoms with Gasteiger partial charge in [0.1, 0.15) is 0 Å². The summed E-state index contributed by atoms with van der Waals surface area (Å²) in [5, 5.41) is 10.8. The van der Waals surface area contributed by atoms with Crippen LogP contribution in [0.2, 0.25) is 5.02 Å². The van der Waals surface area contributed by atoms with E-state index in [4.69, 9.17) is 11.6 Å². The van der Waals surface area contributed by atoms with Crippen molar-refractivity contribution in [2.45, 2.75) is 28.5 Å². The zero-order valence-corrected chi connectivity index (χ0v) is 17.0. The maximum absolute atomic E-state index is 12.9. The van der Waals surface area contributed by atoms with Crippen molar-refractivity contribution in [2.24, 2.45) is 0 Å². The van der Waals surface area contributed by atoms with Gasteiger partial charge >= 0.3 is 12.1 Å². The third-order valence-corrected chi connectivity index (χ3v) is 6.20. The fourth-order valence-electron chi connectivity index (χ4n) is 2.24. The average molecular weight is 466 g/mol. The second kappa shape index (κ2) is 8.25. The lowest BCUT2D eigenvalue weighted by molar-refractivity contribution is -0.242. The van der Waals surface area contributed by atoms with Gasteiger partial charge in [0, 0.05) is 0 Å². The van der Waals surface area contributed by atoms with E-state index in [0.29, 0.717) is 0 Å². The van der Waals surface area contributed by atoms with Gasteiger partial charge in [0.15, 0.2) is 0 Å². The summed E-state index contributed by atoms with van der Waals surface area (Å²) in [6.07, 6.45) is -5.25. The monoisotopic (exact) mass is 465 g/mol. The van der Waals surface area contributed by atoms with E-state index in [1.54, 1.807) is 5.32 Å². The van der Waals surface area contributed by atoms with Crippen LogP contribution in [0.1, 0.15) is 17.3 Å². The van der Waals surface area contributed by atoms with Gasteiger partial charge in [0.25, 0.3) is 5.91 Å². The van der Waals surface area contributed by atoms with Crippen LogP contribution in [0.4, 0.5) is 18.9 Å². The molecule has 30 heavy (non-hydrogen) atoms.